The Morgan fingerprint density at radius 1 is 1.44 bits per heavy atom. The molecular weight excluding hydrogens is 128 g/mol. The van der Waals surface area contributed by atoms with E-state index in [1.807, 2.05) is 0 Å². The average molecular weight is 146 g/mol. The van der Waals surface area contributed by atoms with Crippen molar-refractivity contribution in [1.29, 1.82) is 0 Å². The van der Waals surface area contributed by atoms with E-state index in [1.54, 1.807) is 0 Å². The van der Waals surface area contributed by atoms with Gasteiger partial charge in [0.2, 0.25) is 0 Å². The standard InChI is InChI=1S/C8H18S/c1-6-7(2)8(3)9(4)5/h7-8H,4,6H2,1-3,5H3. The second-order valence-corrected chi connectivity index (χ2v) is 4.91. The minimum absolute atomic E-state index is 0.360. The summed E-state index contributed by atoms with van der Waals surface area (Å²) in [6.45, 7) is 6.84. The topological polar surface area (TPSA) is 0 Å². The molecule has 3 unspecified atom stereocenters. The summed E-state index contributed by atoms with van der Waals surface area (Å²) < 4.78 is 0. The van der Waals surface area contributed by atoms with Crippen LogP contribution in [0.2, 0.25) is 0 Å². The summed E-state index contributed by atoms with van der Waals surface area (Å²) in [5.74, 6) is 4.88. The van der Waals surface area contributed by atoms with Gasteiger partial charge in [0.1, 0.15) is 0 Å². The second-order valence-electron chi connectivity index (χ2n) is 2.78. The zero-order valence-electron chi connectivity index (χ0n) is 6.98. The van der Waals surface area contributed by atoms with Gasteiger partial charge in [0, 0.05) is 0 Å². The molecule has 0 N–H and O–H groups in total. The first-order valence-corrected chi connectivity index (χ1v) is 5.40. The largest absolute Gasteiger partial charge is 0.193 e. The van der Waals surface area contributed by atoms with Crippen molar-refractivity contribution in [2.24, 2.45) is 5.92 Å². The molecule has 0 saturated heterocycles. The Hall–Kier alpha value is 0.220. The van der Waals surface area contributed by atoms with Gasteiger partial charge >= 0.3 is 0 Å². The molecule has 0 aliphatic rings. The van der Waals surface area contributed by atoms with Gasteiger partial charge in [-0.3, -0.25) is 0 Å². The van der Waals surface area contributed by atoms with E-state index in [-0.39, 0.29) is 0 Å². The Bertz CT molecular complexity index is 96.7. The van der Waals surface area contributed by atoms with Gasteiger partial charge in [0.05, 0.1) is 0 Å². The number of hydrogen-bond donors (Lipinski definition) is 0. The molecule has 0 nitrogen and oxygen atoms in total. The summed E-state index contributed by atoms with van der Waals surface area (Å²) in [7, 11) is 0.360. The van der Waals surface area contributed by atoms with Crippen molar-refractivity contribution in [2.45, 2.75) is 32.4 Å². The lowest BCUT2D eigenvalue weighted by Crippen LogP contribution is -2.09. The molecule has 0 amide bonds. The van der Waals surface area contributed by atoms with Crippen molar-refractivity contribution in [1.82, 2.24) is 0 Å². The molecule has 0 aromatic rings. The fourth-order valence-corrected chi connectivity index (χ4v) is 1.71. The first-order valence-electron chi connectivity index (χ1n) is 3.54. The Morgan fingerprint density at radius 3 is 2.00 bits per heavy atom. The molecule has 3 atom stereocenters. The summed E-state index contributed by atoms with van der Waals surface area (Å²) >= 11 is 0. The van der Waals surface area contributed by atoms with Crippen LogP contribution in [0.3, 0.4) is 0 Å². The molecule has 0 rings (SSSR count). The van der Waals surface area contributed by atoms with Crippen LogP contribution in [0, 0.1) is 5.92 Å². The first-order chi connectivity index (χ1) is 4.09. The van der Waals surface area contributed by atoms with Crippen molar-refractivity contribution in [3.8, 4) is 0 Å². The van der Waals surface area contributed by atoms with Gasteiger partial charge in [-0.1, -0.05) is 33.1 Å². The summed E-state index contributed by atoms with van der Waals surface area (Å²) in [4.78, 5) is 0. The van der Waals surface area contributed by atoms with E-state index in [0.29, 0.717) is 10.5 Å². The van der Waals surface area contributed by atoms with E-state index in [2.05, 4.69) is 32.9 Å². The van der Waals surface area contributed by atoms with E-state index >= 15 is 0 Å². The van der Waals surface area contributed by atoms with Crippen LogP contribution >= 0.6 is 10.5 Å². The highest BCUT2D eigenvalue weighted by molar-refractivity contribution is 8.14. The average Bonchev–Trinajstić information content (AvgIpc) is 1.84. The molecule has 0 spiro atoms. The van der Waals surface area contributed by atoms with Crippen LogP contribution in [-0.4, -0.2) is 17.4 Å². The summed E-state index contributed by atoms with van der Waals surface area (Å²) in [6, 6.07) is 0. The Labute approximate surface area is 61.6 Å². The maximum atomic E-state index is 4.04. The van der Waals surface area contributed by atoms with Crippen molar-refractivity contribution in [2.75, 3.05) is 6.26 Å². The highest BCUT2D eigenvalue weighted by Crippen LogP contribution is 2.22. The van der Waals surface area contributed by atoms with Gasteiger partial charge in [-0.25, -0.2) is 0 Å². The smallest absolute Gasteiger partial charge is 0.00135 e. The minimum Gasteiger partial charge on any atom is -0.193 e. The molecule has 0 saturated carbocycles. The van der Waals surface area contributed by atoms with E-state index in [1.165, 1.54) is 6.42 Å². The van der Waals surface area contributed by atoms with Crippen LogP contribution in [-0.2, 0) is 0 Å². The van der Waals surface area contributed by atoms with Crippen molar-refractivity contribution >= 4 is 16.4 Å². The predicted molar refractivity (Wildman–Crippen MR) is 49.6 cm³/mol. The molecule has 0 aromatic carbocycles. The molecule has 9 heavy (non-hydrogen) atoms. The Balaban J connectivity index is 3.72. The second kappa shape index (κ2) is 4.10. The monoisotopic (exact) mass is 146 g/mol. The molecule has 0 heterocycles. The molecule has 0 bridgehead atoms. The third-order valence-corrected chi connectivity index (χ3v) is 3.81. The van der Waals surface area contributed by atoms with Crippen molar-refractivity contribution in [3.63, 3.8) is 0 Å². The summed E-state index contributed by atoms with van der Waals surface area (Å²) in [5.41, 5.74) is 0. The third-order valence-electron chi connectivity index (χ3n) is 2.08. The molecule has 0 aliphatic heterocycles. The van der Waals surface area contributed by atoms with Crippen LogP contribution in [0.15, 0.2) is 0 Å². The minimum atomic E-state index is 0.360. The number of rotatable bonds is 3. The number of hydrogen-bond acceptors (Lipinski definition) is 0. The van der Waals surface area contributed by atoms with Crippen LogP contribution in [0.1, 0.15) is 27.2 Å². The first kappa shape index (κ1) is 9.22. The van der Waals surface area contributed by atoms with Crippen LogP contribution < -0.4 is 0 Å². The molecule has 0 aromatic heterocycles. The summed E-state index contributed by atoms with van der Waals surface area (Å²) in [5, 5.41) is 0.801. The van der Waals surface area contributed by atoms with Crippen LogP contribution in [0.25, 0.3) is 0 Å². The molecule has 56 valence electrons. The highest BCUT2D eigenvalue weighted by atomic mass is 32.2. The van der Waals surface area contributed by atoms with E-state index in [0.717, 1.165) is 11.2 Å². The van der Waals surface area contributed by atoms with E-state index in [4.69, 9.17) is 0 Å². The SMILES string of the molecule is C=S(C)C(C)C(C)CC. The molecular formula is C8H18S. The fourth-order valence-electron chi connectivity index (χ4n) is 0.729. The fraction of sp³-hybridized carbons (Fsp3) is 0.875. The molecule has 0 aliphatic carbocycles. The van der Waals surface area contributed by atoms with Gasteiger partial charge < -0.3 is 0 Å². The van der Waals surface area contributed by atoms with Gasteiger partial charge in [-0.05, 0) is 17.4 Å². The van der Waals surface area contributed by atoms with Gasteiger partial charge in [0.15, 0.2) is 0 Å². The maximum Gasteiger partial charge on any atom is -0.00135 e. The lowest BCUT2D eigenvalue weighted by Gasteiger charge is -2.18. The Kier molecular flexibility index (Phi) is 4.20. The zero-order chi connectivity index (χ0) is 7.44. The normalized spacial score (nSPS) is 20.9. The van der Waals surface area contributed by atoms with Crippen molar-refractivity contribution < 1.29 is 0 Å². The Morgan fingerprint density at radius 2 is 1.89 bits per heavy atom. The maximum absolute atomic E-state index is 4.04. The van der Waals surface area contributed by atoms with Crippen LogP contribution in [0.4, 0.5) is 0 Å². The van der Waals surface area contributed by atoms with Crippen molar-refractivity contribution in [3.05, 3.63) is 0 Å². The predicted octanol–water partition coefficient (Wildman–Crippen LogP) is 2.75. The summed E-state index contributed by atoms with van der Waals surface area (Å²) in [6.07, 6.45) is 3.50. The lowest BCUT2D eigenvalue weighted by molar-refractivity contribution is 0.558. The molecule has 1 heteroatoms. The quantitative estimate of drug-likeness (QED) is 0.537. The van der Waals surface area contributed by atoms with E-state index in [9.17, 15) is 0 Å². The van der Waals surface area contributed by atoms with E-state index < -0.39 is 0 Å². The zero-order valence-corrected chi connectivity index (χ0v) is 7.79. The lowest BCUT2D eigenvalue weighted by atomic mass is 10.1. The van der Waals surface area contributed by atoms with Gasteiger partial charge in [0.25, 0.3) is 0 Å². The molecule has 0 fully saturated rings. The van der Waals surface area contributed by atoms with Gasteiger partial charge in [-0.2, -0.15) is 10.5 Å². The van der Waals surface area contributed by atoms with Crippen LogP contribution in [0.5, 0.6) is 0 Å². The third kappa shape index (κ3) is 3.04. The van der Waals surface area contributed by atoms with Gasteiger partial charge in [-0.15, -0.1) is 0 Å². The molecule has 0 radical (unpaired) electrons. The highest BCUT2D eigenvalue weighted by Gasteiger charge is 2.08.